The lowest BCUT2D eigenvalue weighted by Crippen LogP contribution is -2.02. The van der Waals surface area contributed by atoms with Crippen molar-refractivity contribution < 1.29 is 0 Å². The first-order valence-electron chi connectivity index (χ1n) is 9.59. The van der Waals surface area contributed by atoms with Crippen molar-refractivity contribution in [2.45, 2.75) is 27.7 Å². The number of nitriles is 1. The minimum Gasteiger partial charge on any atom is -0.213 e. The molecule has 0 N–H and O–H groups in total. The number of aromatic nitrogens is 3. The zero-order valence-electron chi connectivity index (χ0n) is 17.1. The summed E-state index contributed by atoms with van der Waals surface area (Å²) < 4.78 is 1.92. The van der Waals surface area contributed by atoms with Crippen molar-refractivity contribution >= 4 is 0 Å². The molecule has 3 aromatic carbocycles. The normalized spacial score (nSPS) is 10.7. The molecule has 0 spiro atoms. The van der Waals surface area contributed by atoms with Crippen LogP contribution in [0.4, 0.5) is 0 Å². The highest BCUT2D eigenvalue weighted by Gasteiger charge is 2.15. The first-order valence-corrected chi connectivity index (χ1v) is 9.59. The van der Waals surface area contributed by atoms with E-state index in [1.54, 1.807) is 0 Å². The third-order valence-electron chi connectivity index (χ3n) is 5.09. The van der Waals surface area contributed by atoms with Crippen molar-refractivity contribution in [3.63, 3.8) is 0 Å². The Bertz CT molecular complexity index is 1260. The molecule has 0 atom stereocenters. The minimum absolute atomic E-state index is 0.658. The highest BCUT2D eigenvalue weighted by molar-refractivity contribution is 5.74. The van der Waals surface area contributed by atoms with E-state index in [1.807, 2.05) is 35.9 Å². The van der Waals surface area contributed by atoms with E-state index < -0.39 is 0 Å². The second kappa shape index (κ2) is 7.37. The molecule has 1 heterocycles. The molecule has 0 unspecified atom stereocenters. The van der Waals surface area contributed by atoms with Crippen LogP contribution in [0.15, 0.2) is 60.7 Å². The zero-order valence-corrected chi connectivity index (χ0v) is 17.1. The average Bonchev–Trinajstić information content (AvgIpc) is 3.10. The average molecular weight is 378 g/mol. The van der Waals surface area contributed by atoms with E-state index >= 15 is 0 Å². The number of aryl methyl sites for hydroxylation is 4. The molecule has 0 saturated carbocycles. The van der Waals surface area contributed by atoms with Crippen LogP contribution in [0.5, 0.6) is 0 Å². The summed E-state index contributed by atoms with van der Waals surface area (Å²) in [4.78, 5) is 4.71. The van der Waals surface area contributed by atoms with Gasteiger partial charge in [-0.3, -0.25) is 0 Å². The van der Waals surface area contributed by atoms with Crippen LogP contribution in [-0.4, -0.2) is 14.8 Å². The van der Waals surface area contributed by atoms with E-state index in [-0.39, 0.29) is 0 Å². The Hall–Kier alpha value is -3.71. The summed E-state index contributed by atoms with van der Waals surface area (Å²) in [5.41, 5.74) is 8.30. The lowest BCUT2D eigenvalue weighted by atomic mass is 9.97. The molecule has 142 valence electrons. The first-order chi connectivity index (χ1) is 14.0. The largest absolute Gasteiger partial charge is 0.213 e. The second-order valence-corrected chi connectivity index (χ2v) is 7.41. The van der Waals surface area contributed by atoms with Crippen molar-refractivity contribution in [2.75, 3.05) is 0 Å². The molecule has 0 aliphatic heterocycles. The summed E-state index contributed by atoms with van der Waals surface area (Å²) in [6.45, 7) is 8.15. The zero-order chi connectivity index (χ0) is 20.5. The molecule has 0 radical (unpaired) electrons. The number of hydrogen-bond donors (Lipinski definition) is 0. The third-order valence-corrected chi connectivity index (χ3v) is 5.09. The Labute approximate surface area is 171 Å². The van der Waals surface area contributed by atoms with Crippen molar-refractivity contribution in [1.82, 2.24) is 14.8 Å². The summed E-state index contributed by atoms with van der Waals surface area (Å²) in [6.07, 6.45) is 0. The van der Waals surface area contributed by atoms with Gasteiger partial charge in [0.1, 0.15) is 5.82 Å². The van der Waals surface area contributed by atoms with Crippen LogP contribution in [0.3, 0.4) is 0 Å². The van der Waals surface area contributed by atoms with E-state index in [1.165, 1.54) is 5.56 Å². The van der Waals surface area contributed by atoms with E-state index in [0.29, 0.717) is 5.56 Å². The Kier molecular flexibility index (Phi) is 4.74. The van der Waals surface area contributed by atoms with E-state index in [0.717, 1.165) is 45.2 Å². The standard InChI is InChI=1S/C25H22N4/c1-16-8-11-24(18(3)12-16)29-25(27-19(4)28-29)22-7-5-6-21(14-22)23-13-20(15-26)10-9-17(23)2/h5-14H,1-4H3. The fraction of sp³-hybridized carbons (Fsp3) is 0.160. The lowest BCUT2D eigenvalue weighted by Gasteiger charge is -2.12. The Morgan fingerprint density at radius 1 is 0.828 bits per heavy atom. The molecule has 4 aromatic rings. The summed E-state index contributed by atoms with van der Waals surface area (Å²) in [7, 11) is 0. The van der Waals surface area contributed by atoms with E-state index in [4.69, 9.17) is 4.98 Å². The number of benzene rings is 3. The maximum atomic E-state index is 9.27. The van der Waals surface area contributed by atoms with Gasteiger partial charge < -0.3 is 0 Å². The van der Waals surface area contributed by atoms with Crippen LogP contribution in [0.1, 0.15) is 28.1 Å². The SMILES string of the molecule is Cc1ccc(-n2nc(C)nc2-c2cccc(-c3cc(C#N)ccc3C)c2)c(C)c1. The topological polar surface area (TPSA) is 54.5 Å². The molecule has 0 saturated heterocycles. The maximum Gasteiger partial charge on any atom is 0.163 e. The molecule has 0 amide bonds. The Morgan fingerprint density at radius 2 is 1.62 bits per heavy atom. The molecular weight excluding hydrogens is 356 g/mol. The first kappa shape index (κ1) is 18.6. The van der Waals surface area contributed by atoms with Gasteiger partial charge in [0.2, 0.25) is 0 Å². The van der Waals surface area contributed by atoms with Crippen LogP contribution in [-0.2, 0) is 0 Å². The van der Waals surface area contributed by atoms with Gasteiger partial charge in [0.15, 0.2) is 5.82 Å². The molecule has 4 heteroatoms. The second-order valence-electron chi connectivity index (χ2n) is 7.41. The molecule has 4 rings (SSSR count). The van der Waals surface area contributed by atoms with Gasteiger partial charge in [-0.25, -0.2) is 9.67 Å². The summed E-state index contributed by atoms with van der Waals surface area (Å²) >= 11 is 0. The quantitative estimate of drug-likeness (QED) is 0.459. The number of nitrogens with zero attached hydrogens (tertiary/aromatic N) is 4. The van der Waals surface area contributed by atoms with Crippen molar-refractivity contribution in [2.24, 2.45) is 0 Å². The predicted molar refractivity (Wildman–Crippen MR) is 116 cm³/mol. The number of rotatable bonds is 3. The summed E-state index contributed by atoms with van der Waals surface area (Å²) in [5, 5.41) is 13.9. The van der Waals surface area contributed by atoms with Gasteiger partial charge in [-0.15, -0.1) is 0 Å². The van der Waals surface area contributed by atoms with Gasteiger partial charge in [-0.05, 0) is 74.2 Å². The fourth-order valence-electron chi connectivity index (χ4n) is 3.64. The molecule has 29 heavy (non-hydrogen) atoms. The van der Waals surface area contributed by atoms with Crippen LogP contribution < -0.4 is 0 Å². The molecule has 0 aliphatic carbocycles. The van der Waals surface area contributed by atoms with Crippen molar-refractivity contribution in [3.05, 3.63) is 88.7 Å². The smallest absolute Gasteiger partial charge is 0.163 e. The van der Waals surface area contributed by atoms with Gasteiger partial charge in [0, 0.05) is 5.56 Å². The molecule has 0 bridgehead atoms. The van der Waals surface area contributed by atoms with Crippen LogP contribution >= 0.6 is 0 Å². The highest BCUT2D eigenvalue weighted by Crippen LogP contribution is 2.30. The Balaban J connectivity index is 1.86. The van der Waals surface area contributed by atoms with Crippen LogP contribution in [0.25, 0.3) is 28.2 Å². The minimum atomic E-state index is 0.658. The van der Waals surface area contributed by atoms with Gasteiger partial charge >= 0.3 is 0 Å². The third kappa shape index (κ3) is 3.55. The predicted octanol–water partition coefficient (Wildman–Crippen LogP) is 5.71. The fourth-order valence-corrected chi connectivity index (χ4v) is 3.64. The summed E-state index contributed by atoms with van der Waals surface area (Å²) in [6, 6.07) is 22.6. The maximum absolute atomic E-state index is 9.27. The van der Waals surface area contributed by atoms with Gasteiger partial charge in [-0.1, -0.05) is 42.0 Å². The number of hydrogen-bond acceptors (Lipinski definition) is 3. The van der Waals surface area contributed by atoms with Gasteiger partial charge in [0.05, 0.1) is 17.3 Å². The van der Waals surface area contributed by atoms with E-state index in [9.17, 15) is 5.26 Å². The van der Waals surface area contributed by atoms with Gasteiger partial charge in [-0.2, -0.15) is 10.4 Å². The highest BCUT2D eigenvalue weighted by atomic mass is 15.3. The molecule has 4 nitrogen and oxygen atoms in total. The summed E-state index contributed by atoms with van der Waals surface area (Å²) in [5.74, 6) is 1.54. The monoisotopic (exact) mass is 378 g/mol. The van der Waals surface area contributed by atoms with Gasteiger partial charge in [0.25, 0.3) is 0 Å². The van der Waals surface area contributed by atoms with Crippen molar-refractivity contribution in [3.8, 4) is 34.3 Å². The Morgan fingerprint density at radius 3 is 2.38 bits per heavy atom. The molecule has 0 fully saturated rings. The van der Waals surface area contributed by atoms with Crippen LogP contribution in [0.2, 0.25) is 0 Å². The molecular formula is C25H22N4. The van der Waals surface area contributed by atoms with Crippen LogP contribution in [0, 0.1) is 39.0 Å². The molecule has 0 aliphatic rings. The lowest BCUT2D eigenvalue weighted by molar-refractivity contribution is 0.861. The van der Waals surface area contributed by atoms with Crippen molar-refractivity contribution in [1.29, 1.82) is 5.26 Å². The van der Waals surface area contributed by atoms with E-state index in [2.05, 4.69) is 68.3 Å². The molecule has 1 aromatic heterocycles.